The SMILES string of the molecule is Cc1cc[c-]cc1.Cc1cc[c-]cc1.Cc1ccc(Cc2cccc(C)c2)cc1.[Y]. The Hall–Kier alpha value is -2.02. The second-order valence-electron chi connectivity index (χ2n) is 7.31. The number of hydrogen-bond donors (Lipinski definition) is 0. The molecule has 151 valence electrons. The molecule has 0 atom stereocenters. The summed E-state index contributed by atoms with van der Waals surface area (Å²) in [7, 11) is 0. The van der Waals surface area contributed by atoms with Crippen LogP contribution in [0.1, 0.15) is 33.4 Å². The van der Waals surface area contributed by atoms with E-state index in [1.807, 2.05) is 48.5 Å². The summed E-state index contributed by atoms with van der Waals surface area (Å²) >= 11 is 0. The zero-order chi connectivity index (χ0) is 20.9. The van der Waals surface area contributed by atoms with Gasteiger partial charge in [-0.3, -0.25) is 0 Å². The third kappa shape index (κ3) is 11.2. The average molecular weight is 467 g/mol. The Morgan fingerprint density at radius 2 is 0.967 bits per heavy atom. The summed E-state index contributed by atoms with van der Waals surface area (Å²) in [5.41, 5.74) is 8.00. The van der Waals surface area contributed by atoms with Gasteiger partial charge in [0.05, 0.1) is 0 Å². The Labute approximate surface area is 208 Å². The van der Waals surface area contributed by atoms with E-state index in [-0.39, 0.29) is 32.7 Å². The Morgan fingerprint density at radius 1 is 0.500 bits per heavy atom. The van der Waals surface area contributed by atoms with Gasteiger partial charge in [0.2, 0.25) is 0 Å². The van der Waals surface area contributed by atoms with Gasteiger partial charge in [0.25, 0.3) is 0 Å². The second-order valence-corrected chi connectivity index (χ2v) is 7.31. The molecule has 0 saturated carbocycles. The van der Waals surface area contributed by atoms with Gasteiger partial charge in [-0.15, -0.1) is 0 Å². The van der Waals surface area contributed by atoms with E-state index in [1.165, 1.54) is 33.4 Å². The van der Waals surface area contributed by atoms with Crippen LogP contribution in [-0.4, -0.2) is 0 Å². The predicted octanol–water partition coefficient (Wildman–Crippen LogP) is 7.48. The summed E-state index contributed by atoms with van der Waals surface area (Å²) in [5, 5.41) is 0. The molecule has 0 bridgehead atoms. The van der Waals surface area contributed by atoms with Crippen LogP contribution in [0.25, 0.3) is 0 Å². The number of hydrogen-bond acceptors (Lipinski definition) is 0. The van der Waals surface area contributed by atoms with Crippen LogP contribution in [0.2, 0.25) is 0 Å². The van der Waals surface area contributed by atoms with E-state index in [1.54, 1.807) is 0 Å². The maximum atomic E-state index is 2.93. The van der Waals surface area contributed by atoms with Crippen molar-refractivity contribution in [2.24, 2.45) is 0 Å². The van der Waals surface area contributed by atoms with Crippen LogP contribution in [-0.2, 0) is 39.1 Å². The molecule has 4 aromatic carbocycles. The number of aryl methyl sites for hydroxylation is 4. The molecule has 0 aromatic heterocycles. The van der Waals surface area contributed by atoms with E-state index in [9.17, 15) is 0 Å². The molecule has 0 aliphatic rings. The van der Waals surface area contributed by atoms with Crippen molar-refractivity contribution >= 4 is 0 Å². The Balaban J connectivity index is 0.000000251. The number of benzene rings is 4. The third-order valence-corrected chi connectivity index (χ3v) is 4.38. The second kappa shape index (κ2) is 14.9. The summed E-state index contributed by atoms with van der Waals surface area (Å²) in [6.45, 7) is 8.39. The van der Waals surface area contributed by atoms with Gasteiger partial charge in [-0.2, -0.15) is 71.8 Å². The molecule has 0 fully saturated rings. The van der Waals surface area contributed by atoms with Crippen LogP contribution in [0.4, 0.5) is 0 Å². The molecule has 0 unspecified atom stereocenters. The maximum Gasteiger partial charge on any atom is 0 e. The molecule has 4 rings (SSSR count). The molecule has 0 heterocycles. The Morgan fingerprint density at radius 3 is 1.37 bits per heavy atom. The summed E-state index contributed by atoms with van der Waals surface area (Å²) in [6, 6.07) is 39.1. The quantitative estimate of drug-likeness (QED) is 0.268. The number of rotatable bonds is 2. The van der Waals surface area contributed by atoms with Crippen LogP contribution >= 0.6 is 0 Å². The van der Waals surface area contributed by atoms with Crippen molar-refractivity contribution in [3.8, 4) is 0 Å². The minimum absolute atomic E-state index is 0. The molecule has 4 aromatic rings. The average Bonchev–Trinajstić information content (AvgIpc) is 2.72. The van der Waals surface area contributed by atoms with Gasteiger partial charge in [0, 0.05) is 32.7 Å². The fourth-order valence-corrected chi connectivity index (χ4v) is 2.70. The summed E-state index contributed by atoms with van der Waals surface area (Å²) in [5.74, 6) is 0. The monoisotopic (exact) mass is 467 g/mol. The molecule has 1 heteroatoms. The predicted molar refractivity (Wildman–Crippen MR) is 125 cm³/mol. The Bertz CT molecular complexity index is 905. The largest absolute Gasteiger partial charge is 0.184 e. The fourth-order valence-electron chi connectivity index (χ4n) is 2.70. The van der Waals surface area contributed by atoms with Gasteiger partial charge in [0.15, 0.2) is 0 Å². The van der Waals surface area contributed by atoms with Crippen molar-refractivity contribution in [1.29, 1.82) is 0 Å². The first-order valence-electron chi connectivity index (χ1n) is 9.99. The van der Waals surface area contributed by atoms with Crippen molar-refractivity contribution in [1.82, 2.24) is 0 Å². The van der Waals surface area contributed by atoms with Gasteiger partial charge in [-0.25, -0.2) is 0 Å². The molecule has 0 spiro atoms. The van der Waals surface area contributed by atoms with Crippen LogP contribution in [0.15, 0.2) is 97.1 Å². The van der Waals surface area contributed by atoms with Crippen molar-refractivity contribution in [2.45, 2.75) is 34.1 Å². The van der Waals surface area contributed by atoms with Crippen molar-refractivity contribution in [3.63, 3.8) is 0 Å². The third-order valence-electron chi connectivity index (χ3n) is 4.38. The van der Waals surface area contributed by atoms with Crippen molar-refractivity contribution in [2.75, 3.05) is 0 Å². The topological polar surface area (TPSA) is 0 Å². The molecule has 0 N–H and O–H groups in total. The van der Waals surface area contributed by atoms with Gasteiger partial charge >= 0.3 is 0 Å². The van der Waals surface area contributed by atoms with E-state index in [0.717, 1.165) is 6.42 Å². The molecule has 0 nitrogen and oxygen atoms in total. The molecule has 30 heavy (non-hydrogen) atoms. The first kappa shape index (κ1) is 26.0. The minimum atomic E-state index is 0. The first-order valence-corrected chi connectivity index (χ1v) is 9.99. The first-order chi connectivity index (χ1) is 14.0. The van der Waals surface area contributed by atoms with E-state index in [4.69, 9.17) is 0 Å². The molecule has 0 saturated heterocycles. The standard InChI is InChI=1S/C15H16.2C7H7.Y/c1-12-6-8-14(9-7-12)11-15-5-3-4-13(2)10-15;2*1-7-5-3-2-4-6-7;/h3-10H,11H2,1-2H3;2*3-6H,1H3;/q;2*-1;. The van der Waals surface area contributed by atoms with E-state index in [2.05, 4.69) is 88.4 Å². The van der Waals surface area contributed by atoms with Crippen molar-refractivity contribution in [3.05, 3.63) is 143 Å². The summed E-state index contributed by atoms with van der Waals surface area (Å²) in [4.78, 5) is 0. The minimum Gasteiger partial charge on any atom is -0.184 e. The summed E-state index contributed by atoms with van der Waals surface area (Å²) in [6.07, 6.45) is 1.03. The molecular weight excluding hydrogens is 437 g/mol. The van der Waals surface area contributed by atoms with Crippen LogP contribution < -0.4 is 0 Å². The molecule has 0 aliphatic carbocycles. The normalized spacial score (nSPS) is 9.20. The molecular formula is C29H30Y-2. The van der Waals surface area contributed by atoms with Gasteiger partial charge < -0.3 is 0 Å². The van der Waals surface area contributed by atoms with Crippen LogP contribution in [0.3, 0.4) is 0 Å². The molecule has 1 radical (unpaired) electrons. The van der Waals surface area contributed by atoms with E-state index in [0.29, 0.717) is 0 Å². The zero-order valence-electron chi connectivity index (χ0n) is 18.5. The smallest absolute Gasteiger partial charge is 0 e. The molecule has 0 aliphatic heterocycles. The van der Waals surface area contributed by atoms with Crippen molar-refractivity contribution < 1.29 is 32.7 Å². The van der Waals surface area contributed by atoms with Gasteiger partial charge in [-0.1, -0.05) is 73.5 Å². The van der Waals surface area contributed by atoms with Crippen LogP contribution in [0.5, 0.6) is 0 Å². The maximum absolute atomic E-state index is 2.93. The van der Waals surface area contributed by atoms with Crippen LogP contribution in [0, 0.1) is 39.8 Å². The fraction of sp³-hybridized carbons (Fsp3) is 0.172. The van der Waals surface area contributed by atoms with Gasteiger partial charge in [-0.05, 0) is 31.4 Å². The zero-order valence-corrected chi connectivity index (χ0v) is 21.4. The Kier molecular flexibility index (Phi) is 12.9. The van der Waals surface area contributed by atoms with E-state index >= 15 is 0 Å². The summed E-state index contributed by atoms with van der Waals surface area (Å²) < 4.78 is 0. The molecule has 0 amide bonds. The van der Waals surface area contributed by atoms with E-state index < -0.39 is 0 Å². The van der Waals surface area contributed by atoms with Gasteiger partial charge in [0.1, 0.15) is 0 Å².